The Morgan fingerprint density at radius 1 is 1.70 bits per heavy atom. The summed E-state index contributed by atoms with van der Waals surface area (Å²) in [7, 11) is 0. The van der Waals surface area contributed by atoms with Gasteiger partial charge in [-0.2, -0.15) is 0 Å². The standard InChI is InChI=1S/C6H5NO2S/c1-3-2-4-5(10-3)7-6(8)9-4/h2H,1H3,(H,7,8). The van der Waals surface area contributed by atoms with Crippen molar-refractivity contribution in [2.24, 2.45) is 0 Å². The number of hydrogen-bond acceptors (Lipinski definition) is 3. The van der Waals surface area contributed by atoms with Crippen molar-refractivity contribution >= 4 is 21.8 Å². The van der Waals surface area contributed by atoms with Gasteiger partial charge in [-0.05, 0) is 13.0 Å². The highest BCUT2D eigenvalue weighted by molar-refractivity contribution is 7.18. The largest absolute Gasteiger partial charge is 0.417 e. The van der Waals surface area contributed by atoms with Gasteiger partial charge in [-0.15, -0.1) is 11.3 Å². The third kappa shape index (κ3) is 0.690. The molecule has 0 aliphatic carbocycles. The van der Waals surface area contributed by atoms with E-state index in [0.717, 1.165) is 9.71 Å². The summed E-state index contributed by atoms with van der Waals surface area (Å²) in [6.07, 6.45) is 0. The Labute approximate surface area is 60.3 Å². The SMILES string of the molecule is Cc1cc2oc(=O)[nH]c2s1. The van der Waals surface area contributed by atoms with Crippen molar-refractivity contribution in [3.05, 3.63) is 21.5 Å². The van der Waals surface area contributed by atoms with Gasteiger partial charge in [-0.1, -0.05) is 0 Å². The molecule has 10 heavy (non-hydrogen) atoms. The van der Waals surface area contributed by atoms with Gasteiger partial charge in [0.15, 0.2) is 5.58 Å². The number of thiophene rings is 1. The van der Waals surface area contributed by atoms with Gasteiger partial charge in [0.05, 0.1) is 0 Å². The van der Waals surface area contributed by atoms with Crippen LogP contribution in [-0.2, 0) is 0 Å². The average Bonchev–Trinajstić information content (AvgIpc) is 2.21. The van der Waals surface area contributed by atoms with Gasteiger partial charge in [0.1, 0.15) is 4.83 Å². The highest BCUT2D eigenvalue weighted by atomic mass is 32.1. The maximum absolute atomic E-state index is 10.5. The predicted octanol–water partition coefficient (Wildman–Crippen LogP) is 1.49. The van der Waals surface area contributed by atoms with E-state index in [1.165, 1.54) is 11.3 Å². The van der Waals surface area contributed by atoms with E-state index >= 15 is 0 Å². The van der Waals surface area contributed by atoms with Crippen LogP contribution in [-0.4, -0.2) is 4.98 Å². The topological polar surface area (TPSA) is 46.0 Å². The van der Waals surface area contributed by atoms with Crippen LogP contribution in [0.2, 0.25) is 0 Å². The van der Waals surface area contributed by atoms with Gasteiger partial charge in [-0.25, -0.2) is 4.79 Å². The highest BCUT2D eigenvalue weighted by Gasteiger charge is 2.02. The lowest BCUT2D eigenvalue weighted by atomic mass is 10.5. The van der Waals surface area contributed by atoms with Crippen LogP contribution in [0, 0.1) is 6.92 Å². The van der Waals surface area contributed by atoms with Gasteiger partial charge in [0, 0.05) is 4.88 Å². The smallest absolute Gasteiger partial charge is 0.407 e. The summed E-state index contributed by atoms with van der Waals surface area (Å²) < 4.78 is 4.79. The molecule has 2 aromatic rings. The van der Waals surface area contributed by atoms with Crippen molar-refractivity contribution in [2.45, 2.75) is 6.92 Å². The average molecular weight is 155 g/mol. The van der Waals surface area contributed by atoms with Crippen molar-refractivity contribution in [3.63, 3.8) is 0 Å². The Bertz CT molecular complexity index is 374. The van der Waals surface area contributed by atoms with Gasteiger partial charge >= 0.3 is 5.76 Å². The number of oxazole rings is 1. The Kier molecular flexibility index (Phi) is 0.990. The third-order valence-electron chi connectivity index (χ3n) is 1.24. The number of aromatic nitrogens is 1. The second-order valence-electron chi connectivity index (χ2n) is 2.06. The molecule has 2 rings (SSSR count). The van der Waals surface area contributed by atoms with Crippen molar-refractivity contribution in [2.75, 3.05) is 0 Å². The van der Waals surface area contributed by atoms with E-state index in [9.17, 15) is 4.79 Å². The molecule has 0 aromatic carbocycles. The Morgan fingerprint density at radius 3 is 3.20 bits per heavy atom. The minimum absolute atomic E-state index is 0.374. The van der Waals surface area contributed by atoms with E-state index in [0.29, 0.717) is 5.58 Å². The molecule has 0 atom stereocenters. The van der Waals surface area contributed by atoms with Crippen LogP contribution in [0.3, 0.4) is 0 Å². The van der Waals surface area contributed by atoms with Crippen molar-refractivity contribution in [3.8, 4) is 0 Å². The second kappa shape index (κ2) is 1.73. The lowest BCUT2D eigenvalue weighted by Crippen LogP contribution is -1.92. The first-order valence-electron chi connectivity index (χ1n) is 2.85. The zero-order valence-corrected chi connectivity index (χ0v) is 6.12. The van der Waals surface area contributed by atoms with Gasteiger partial charge in [-0.3, -0.25) is 4.98 Å². The summed E-state index contributed by atoms with van der Waals surface area (Å²) in [6.45, 7) is 1.97. The van der Waals surface area contributed by atoms with Crippen LogP contribution in [0.4, 0.5) is 0 Å². The zero-order chi connectivity index (χ0) is 7.14. The minimum Gasteiger partial charge on any atom is -0.407 e. The maximum atomic E-state index is 10.5. The summed E-state index contributed by atoms with van der Waals surface area (Å²) in [4.78, 5) is 15.1. The number of rotatable bonds is 0. The Morgan fingerprint density at radius 2 is 2.50 bits per heavy atom. The predicted molar refractivity (Wildman–Crippen MR) is 39.4 cm³/mol. The Balaban J connectivity index is 2.95. The van der Waals surface area contributed by atoms with Crippen molar-refractivity contribution in [1.82, 2.24) is 4.98 Å². The number of nitrogens with one attached hydrogen (secondary N) is 1. The molecule has 2 heterocycles. The van der Waals surface area contributed by atoms with Crippen molar-refractivity contribution in [1.29, 1.82) is 0 Å². The van der Waals surface area contributed by atoms with Crippen LogP contribution >= 0.6 is 11.3 Å². The molecular weight excluding hydrogens is 150 g/mol. The molecule has 4 heteroatoms. The number of fused-ring (bicyclic) bond motifs is 1. The van der Waals surface area contributed by atoms with Crippen LogP contribution in [0.25, 0.3) is 10.4 Å². The third-order valence-corrected chi connectivity index (χ3v) is 2.19. The first-order chi connectivity index (χ1) is 4.75. The van der Waals surface area contributed by atoms with Gasteiger partial charge in [0.25, 0.3) is 0 Å². The van der Waals surface area contributed by atoms with Crippen LogP contribution in [0.5, 0.6) is 0 Å². The lowest BCUT2D eigenvalue weighted by molar-refractivity contribution is 0.555. The van der Waals surface area contributed by atoms with Gasteiger partial charge in [0.2, 0.25) is 0 Å². The summed E-state index contributed by atoms with van der Waals surface area (Å²) in [5, 5.41) is 0. The molecule has 0 aliphatic heterocycles. The second-order valence-corrected chi connectivity index (χ2v) is 3.32. The van der Waals surface area contributed by atoms with E-state index in [-0.39, 0.29) is 5.76 Å². The monoisotopic (exact) mass is 155 g/mol. The molecule has 0 amide bonds. The fourth-order valence-electron chi connectivity index (χ4n) is 0.872. The fraction of sp³-hybridized carbons (Fsp3) is 0.167. The van der Waals surface area contributed by atoms with E-state index in [1.54, 1.807) is 0 Å². The van der Waals surface area contributed by atoms with Crippen LogP contribution in [0.15, 0.2) is 15.3 Å². The molecular formula is C6H5NO2S. The summed E-state index contributed by atoms with van der Waals surface area (Å²) in [5.41, 5.74) is 0.660. The molecule has 0 unspecified atom stereocenters. The maximum Gasteiger partial charge on any atom is 0.417 e. The van der Waals surface area contributed by atoms with E-state index in [2.05, 4.69) is 4.98 Å². The lowest BCUT2D eigenvalue weighted by Gasteiger charge is -1.70. The van der Waals surface area contributed by atoms with E-state index in [4.69, 9.17) is 4.42 Å². The van der Waals surface area contributed by atoms with E-state index < -0.39 is 0 Å². The number of H-pyrrole nitrogens is 1. The molecule has 0 saturated carbocycles. The number of aryl methyl sites for hydroxylation is 1. The quantitative estimate of drug-likeness (QED) is 0.626. The van der Waals surface area contributed by atoms with Gasteiger partial charge < -0.3 is 4.42 Å². The van der Waals surface area contributed by atoms with Crippen LogP contribution < -0.4 is 5.76 Å². The highest BCUT2D eigenvalue weighted by Crippen LogP contribution is 2.20. The van der Waals surface area contributed by atoms with Crippen LogP contribution in [0.1, 0.15) is 4.88 Å². The number of aromatic amines is 1. The molecule has 52 valence electrons. The summed E-state index contributed by atoms with van der Waals surface area (Å²) in [6, 6.07) is 1.85. The summed E-state index contributed by atoms with van der Waals surface area (Å²) >= 11 is 1.52. The molecule has 0 spiro atoms. The number of hydrogen-bond donors (Lipinski definition) is 1. The first-order valence-corrected chi connectivity index (χ1v) is 3.66. The molecule has 0 saturated heterocycles. The molecule has 0 aliphatic rings. The van der Waals surface area contributed by atoms with Crippen molar-refractivity contribution < 1.29 is 4.42 Å². The first kappa shape index (κ1) is 5.73. The summed E-state index contributed by atoms with van der Waals surface area (Å²) in [5.74, 6) is -0.374. The molecule has 3 nitrogen and oxygen atoms in total. The molecule has 0 radical (unpaired) electrons. The molecule has 0 fully saturated rings. The zero-order valence-electron chi connectivity index (χ0n) is 5.30. The molecule has 1 N–H and O–H groups in total. The Hall–Kier alpha value is -1.03. The molecule has 2 aromatic heterocycles. The molecule has 0 bridgehead atoms. The normalized spacial score (nSPS) is 10.9. The van der Waals surface area contributed by atoms with E-state index in [1.807, 2.05) is 13.0 Å². The minimum atomic E-state index is -0.374. The fourth-order valence-corrected chi connectivity index (χ4v) is 1.70.